The van der Waals surface area contributed by atoms with Gasteiger partial charge in [0.15, 0.2) is 0 Å². The zero-order chi connectivity index (χ0) is 26.7. The molecule has 7 heteroatoms. The third kappa shape index (κ3) is 8.63. The molecule has 198 valence electrons. The first-order valence-corrected chi connectivity index (χ1v) is 12.8. The van der Waals surface area contributed by atoms with Gasteiger partial charge >= 0.3 is 5.97 Å². The number of ether oxygens (including phenoxy) is 1. The van der Waals surface area contributed by atoms with Crippen LogP contribution in [0, 0.1) is 11.3 Å². The summed E-state index contributed by atoms with van der Waals surface area (Å²) in [6, 6.07) is 7.18. The molecule has 1 aliphatic rings. The highest BCUT2D eigenvalue weighted by atomic mass is 16.5. The normalized spacial score (nSPS) is 16.9. The van der Waals surface area contributed by atoms with E-state index in [1.54, 1.807) is 17.1 Å². The number of unbranched alkanes of at least 4 members (excludes halogenated alkanes) is 1. The van der Waals surface area contributed by atoms with Gasteiger partial charge in [0.05, 0.1) is 24.6 Å². The van der Waals surface area contributed by atoms with Gasteiger partial charge < -0.3 is 20.1 Å². The molecule has 7 nitrogen and oxygen atoms in total. The number of fused-ring (bicyclic) bond motifs is 1. The molecule has 0 bridgehead atoms. The van der Waals surface area contributed by atoms with E-state index in [1.165, 1.54) is 0 Å². The maximum absolute atomic E-state index is 13.3. The van der Waals surface area contributed by atoms with E-state index in [1.807, 2.05) is 45.0 Å². The number of hydrogen-bond acceptors (Lipinski definition) is 5. The molecule has 0 unspecified atom stereocenters. The number of benzene rings is 1. The van der Waals surface area contributed by atoms with Gasteiger partial charge in [-0.05, 0) is 42.2 Å². The zero-order valence-corrected chi connectivity index (χ0v) is 22.0. The van der Waals surface area contributed by atoms with Crippen molar-refractivity contribution in [1.82, 2.24) is 10.2 Å². The largest absolute Gasteiger partial charge is 0.463 e. The molecule has 2 amide bonds. The van der Waals surface area contributed by atoms with Crippen LogP contribution in [0.25, 0.3) is 0 Å². The molecule has 1 aromatic rings. The zero-order valence-electron chi connectivity index (χ0n) is 22.0. The molecule has 1 aliphatic heterocycles. The molecular weight excluding hydrogens is 456 g/mol. The molecule has 0 fully saturated rings. The first kappa shape index (κ1) is 29.3. The topological polar surface area (TPSA) is 95.9 Å². The van der Waals surface area contributed by atoms with Crippen molar-refractivity contribution in [1.29, 1.82) is 0 Å². The summed E-state index contributed by atoms with van der Waals surface area (Å²) < 4.78 is 5.44. The molecule has 0 saturated heterocycles. The predicted octanol–water partition coefficient (Wildman–Crippen LogP) is 3.95. The second-order valence-electron chi connectivity index (χ2n) is 10.5. The number of allylic oxidation sites excluding steroid dienone is 2. The number of rotatable bonds is 13. The van der Waals surface area contributed by atoms with Crippen LogP contribution in [-0.2, 0) is 32.1 Å². The summed E-state index contributed by atoms with van der Waals surface area (Å²) in [4.78, 5) is 40.4. The van der Waals surface area contributed by atoms with Crippen molar-refractivity contribution in [3.05, 3.63) is 60.7 Å². The lowest BCUT2D eigenvalue weighted by molar-refractivity contribution is -0.146. The number of hydrogen-bond donors (Lipinski definition) is 2. The second kappa shape index (κ2) is 14.0. The average Bonchev–Trinajstić information content (AvgIpc) is 2.84. The summed E-state index contributed by atoms with van der Waals surface area (Å²) in [6.45, 7) is 13.7. The van der Waals surface area contributed by atoms with Crippen molar-refractivity contribution >= 4 is 17.8 Å². The van der Waals surface area contributed by atoms with Crippen LogP contribution in [-0.4, -0.2) is 53.1 Å². The Kier molecular flexibility index (Phi) is 11.4. The highest BCUT2D eigenvalue weighted by Gasteiger charge is 2.34. The van der Waals surface area contributed by atoms with Gasteiger partial charge in [-0.15, -0.1) is 13.2 Å². The Morgan fingerprint density at radius 3 is 2.50 bits per heavy atom. The Bertz CT molecular complexity index is 920. The Balaban J connectivity index is 2.06. The maximum atomic E-state index is 13.3. The number of amides is 2. The van der Waals surface area contributed by atoms with Crippen molar-refractivity contribution in [2.24, 2.45) is 11.3 Å². The highest BCUT2D eigenvalue weighted by Crippen LogP contribution is 2.26. The standard InChI is InChI=1S/C29H42N2O5/c1-6-8-9-15-27(34)36-20-25(29(3,4)5)30-28(35)22(12-7-2)17-26(33)31-18-23-14-11-10-13-21(23)16-24(31)19-32/h6-7,10-11,13-14,22,24-25,32H,1-2,8-9,12,15-20H2,3-5H3,(H,30,35)/t22-,24+,25-/m1/s1. The van der Waals surface area contributed by atoms with E-state index in [2.05, 4.69) is 18.5 Å². The number of carbonyl (C=O) groups is 3. The Morgan fingerprint density at radius 1 is 1.19 bits per heavy atom. The van der Waals surface area contributed by atoms with Gasteiger partial charge in [0.2, 0.25) is 11.8 Å². The fourth-order valence-electron chi connectivity index (χ4n) is 4.29. The summed E-state index contributed by atoms with van der Waals surface area (Å²) in [5.74, 6) is -1.37. The van der Waals surface area contributed by atoms with Crippen LogP contribution in [0.1, 0.15) is 64.0 Å². The average molecular weight is 499 g/mol. The van der Waals surface area contributed by atoms with E-state index in [-0.39, 0.29) is 48.9 Å². The van der Waals surface area contributed by atoms with Gasteiger partial charge in [-0.1, -0.05) is 57.2 Å². The van der Waals surface area contributed by atoms with Crippen LogP contribution < -0.4 is 5.32 Å². The van der Waals surface area contributed by atoms with Gasteiger partial charge in [-0.3, -0.25) is 14.4 Å². The van der Waals surface area contributed by atoms with E-state index in [4.69, 9.17) is 4.74 Å². The summed E-state index contributed by atoms with van der Waals surface area (Å²) in [7, 11) is 0. The van der Waals surface area contributed by atoms with Gasteiger partial charge in [0, 0.05) is 19.4 Å². The SMILES string of the molecule is C=CCCCC(=O)OC[C@@H](NC(=O)[C@H](CC=C)CC(=O)N1Cc2ccccc2C[C@H]1CO)C(C)(C)C. The fraction of sp³-hybridized carbons (Fsp3) is 0.552. The Labute approximate surface area is 215 Å². The van der Waals surface area contributed by atoms with Crippen LogP contribution in [0.15, 0.2) is 49.6 Å². The quantitative estimate of drug-likeness (QED) is 0.244. The summed E-state index contributed by atoms with van der Waals surface area (Å²) in [5, 5.41) is 12.9. The molecule has 0 saturated carbocycles. The second-order valence-corrected chi connectivity index (χ2v) is 10.5. The molecule has 36 heavy (non-hydrogen) atoms. The number of esters is 1. The Morgan fingerprint density at radius 2 is 1.89 bits per heavy atom. The van der Waals surface area contributed by atoms with Crippen molar-refractivity contribution in [2.75, 3.05) is 13.2 Å². The van der Waals surface area contributed by atoms with E-state index < -0.39 is 12.0 Å². The lowest BCUT2D eigenvalue weighted by Crippen LogP contribution is -2.50. The van der Waals surface area contributed by atoms with Crippen molar-refractivity contribution < 1.29 is 24.2 Å². The minimum Gasteiger partial charge on any atom is -0.463 e. The van der Waals surface area contributed by atoms with Crippen LogP contribution in [0.4, 0.5) is 0 Å². The number of carbonyl (C=O) groups excluding carboxylic acids is 3. The smallest absolute Gasteiger partial charge is 0.305 e. The minimum atomic E-state index is -0.611. The van der Waals surface area contributed by atoms with E-state index >= 15 is 0 Å². The summed E-state index contributed by atoms with van der Waals surface area (Å²) in [6.07, 6.45) is 6.05. The summed E-state index contributed by atoms with van der Waals surface area (Å²) in [5.41, 5.74) is 1.83. The maximum Gasteiger partial charge on any atom is 0.305 e. The highest BCUT2D eigenvalue weighted by molar-refractivity contribution is 5.86. The molecule has 3 atom stereocenters. The first-order chi connectivity index (χ1) is 17.1. The van der Waals surface area contributed by atoms with Crippen LogP contribution in [0.5, 0.6) is 0 Å². The number of nitrogens with one attached hydrogen (secondary N) is 1. The first-order valence-electron chi connectivity index (χ1n) is 12.8. The number of nitrogens with zero attached hydrogens (tertiary/aromatic N) is 1. The predicted molar refractivity (Wildman–Crippen MR) is 141 cm³/mol. The van der Waals surface area contributed by atoms with Crippen molar-refractivity contribution in [3.63, 3.8) is 0 Å². The van der Waals surface area contributed by atoms with Crippen LogP contribution in [0.3, 0.4) is 0 Å². The lowest BCUT2D eigenvalue weighted by atomic mass is 9.86. The monoisotopic (exact) mass is 498 g/mol. The lowest BCUT2D eigenvalue weighted by Gasteiger charge is -2.37. The molecule has 1 aromatic carbocycles. The molecule has 0 aliphatic carbocycles. The fourth-order valence-corrected chi connectivity index (χ4v) is 4.29. The van der Waals surface area contributed by atoms with E-state index in [0.29, 0.717) is 32.2 Å². The number of aliphatic hydroxyl groups is 1. The Hall–Kier alpha value is -2.93. The van der Waals surface area contributed by atoms with E-state index in [9.17, 15) is 19.5 Å². The van der Waals surface area contributed by atoms with Gasteiger partial charge in [0.1, 0.15) is 6.61 Å². The molecule has 1 heterocycles. The van der Waals surface area contributed by atoms with Crippen LogP contribution in [0.2, 0.25) is 0 Å². The van der Waals surface area contributed by atoms with Gasteiger partial charge in [-0.25, -0.2) is 0 Å². The molecule has 2 N–H and O–H groups in total. The summed E-state index contributed by atoms with van der Waals surface area (Å²) >= 11 is 0. The molecular formula is C29H42N2O5. The van der Waals surface area contributed by atoms with Crippen molar-refractivity contribution in [3.8, 4) is 0 Å². The van der Waals surface area contributed by atoms with Gasteiger partial charge in [-0.2, -0.15) is 0 Å². The number of aliphatic hydroxyl groups excluding tert-OH is 1. The third-order valence-electron chi connectivity index (χ3n) is 6.69. The van der Waals surface area contributed by atoms with Crippen LogP contribution >= 0.6 is 0 Å². The minimum absolute atomic E-state index is 0.00865. The van der Waals surface area contributed by atoms with Crippen molar-refractivity contribution in [2.45, 2.75) is 77.9 Å². The third-order valence-corrected chi connectivity index (χ3v) is 6.69. The molecule has 2 rings (SSSR count). The molecule has 0 spiro atoms. The van der Waals surface area contributed by atoms with E-state index in [0.717, 1.165) is 17.5 Å². The molecule has 0 radical (unpaired) electrons. The van der Waals surface area contributed by atoms with Gasteiger partial charge in [0.25, 0.3) is 0 Å². The molecule has 0 aromatic heterocycles.